The number of carbonyl (C=O) groups is 1. The third-order valence-corrected chi connectivity index (χ3v) is 5.47. The molecule has 2 heterocycles. The van der Waals surface area contributed by atoms with Crippen molar-refractivity contribution in [3.63, 3.8) is 0 Å². The van der Waals surface area contributed by atoms with E-state index in [1.54, 1.807) is 19.0 Å². The minimum atomic E-state index is -0.525. The SMILES string of the molecule is CN(C)C(=O)CNC(=NCc1ccccc1)N1CCCC(C2(C)OCCO2)C1.I. The third kappa shape index (κ3) is 6.55. The highest BCUT2D eigenvalue weighted by Crippen LogP contribution is 2.34. The average molecular weight is 516 g/mol. The van der Waals surface area contributed by atoms with E-state index in [2.05, 4.69) is 22.3 Å². The number of carbonyl (C=O) groups excluding carboxylic acids is 1. The second-order valence-corrected chi connectivity index (χ2v) is 7.77. The molecule has 29 heavy (non-hydrogen) atoms. The number of benzene rings is 1. The van der Waals surface area contributed by atoms with Crippen molar-refractivity contribution in [1.82, 2.24) is 15.1 Å². The van der Waals surface area contributed by atoms with Crippen LogP contribution in [-0.2, 0) is 20.8 Å². The van der Waals surface area contributed by atoms with E-state index in [1.165, 1.54) is 0 Å². The highest BCUT2D eigenvalue weighted by molar-refractivity contribution is 14.0. The number of hydrogen-bond donors (Lipinski definition) is 1. The van der Waals surface area contributed by atoms with Gasteiger partial charge in [-0.2, -0.15) is 0 Å². The lowest BCUT2D eigenvalue weighted by atomic mass is 9.90. The van der Waals surface area contributed by atoms with Crippen LogP contribution in [-0.4, -0.2) is 74.4 Å². The first-order valence-corrected chi connectivity index (χ1v) is 10.0. The number of ether oxygens (including phenoxy) is 2. The van der Waals surface area contributed by atoms with Crippen molar-refractivity contribution in [2.24, 2.45) is 10.9 Å². The molecular weight excluding hydrogens is 483 g/mol. The monoisotopic (exact) mass is 516 g/mol. The first kappa shape index (κ1) is 23.9. The van der Waals surface area contributed by atoms with Crippen LogP contribution < -0.4 is 5.32 Å². The van der Waals surface area contributed by atoms with E-state index in [0.717, 1.165) is 37.5 Å². The number of piperidine rings is 1. The van der Waals surface area contributed by atoms with Crippen molar-refractivity contribution in [2.45, 2.75) is 32.1 Å². The van der Waals surface area contributed by atoms with E-state index in [9.17, 15) is 4.79 Å². The molecule has 3 rings (SSSR count). The van der Waals surface area contributed by atoms with Gasteiger partial charge in [0.05, 0.1) is 26.3 Å². The molecular formula is C21H33IN4O3. The van der Waals surface area contributed by atoms with Gasteiger partial charge < -0.3 is 24.6 Å². The zero-order valence-corrected chi connectivity index (χ0v) is 19.9. The van der Waals surface area contributed by atoms with E-state index < -0.39 is 5.79 Å². The van der Waals surface area contributed by atoms with Gasteiger partial charge in [-0.25, -0.2) is 4.99 Å². The summed E-state index contributed by atoms with van der Waals surface area (Å²) in [7, 11) is 3.52. The molecule has 7 nitrogen and oxygen atoms in total. The molecule has 0 aromatic heterocycles. The summed E-state index contributed by atoms with van der Waals surface area (Å²) in [6.07, 6.45) is 2.11. The molecule has 2 aliphatic rings. The van der Waals surface area contributed by atoms with E-state index in [-0.39, 0.29) is 42.3 Å². The lowest BCUT2D eigenvalue weighted by Crippen LogP contribution is -2.53. The second-order valence-electron chi connectivity index (χ2n) is 7.77. The van der Waals surface area contributed by atoms with Crippen LogP contribution in [0.15, 0.2) is 35.3 Å². The predicted molar refractivity (Wildman–Crippen MR) is 124 cm³/mol. The molecule has 1 aromatic rings. The van der Waals surface area contributed by atoms with Gasteiger partial charge in [0.25, 0.3) is 0 Å². The fourth-order valence-corrected chi connectivity index (χ4v) is 3.69. The molecule has 1 atom stereocenters. The van der Waals surface area contributed by atoms with Crippen LogP contribution in [0, 0.1) is 5.92 Å². The van der Waals surface area contributed by atoms with Crippen molar-refractivity contribution in [3.8, 4) is 0 Å². The summed E-state index contributed by atoms with van der Waals surface area (Å²) in [6.45, 7) is 5.85. The first-order valence-electron chi connectivity index (χ1n) is 10.0. The van der Waals surface area contributed by atoms with E-state index in [1.807, 2.05) is 25.1 Å². The fourth-order valence-electron chi connectivity index (χ4n) is 3.69. The van der Waals surface area contributed by atoms with Gasteiger partial charge in [-0.1, -0.05) is 30.3 Å². The maximum absolute atomic E-state index is 12.1. The molecule has 2 aliphatic heterocycles. The molecule has 1 aromatic carbocycles. The van der Waals surface area contributed by atoms with Crippen LogP contribution in [0.2, 0.25) is 0 Å². The Morgan fingerprint density at radius 2 is 1.97 bits per heavy atom. The number of halogens is 1. The normalized spacial score (nSPS) is 21.4. The highest BCUT2D eigenvalue weighted by Gasteiger charge is 2.42. The van der Waals surface area contributed by atoms with Crippen LogP contribution >= 0.6 is 24.0 Å². The number of guanidine groups is 1. The number of amides is 1. The summed E-state index contributed by atoms with van der Waals surface area (Å²) in [5, 5.41) is 3.27. The van der Waals surface area contributed by atoms with Crippen LogP contribution in [0.1, 0.15) is 25.3 Å². The number of hydrogen-bond acceptors (Lipinski definition) is 4. The molecule has 0 saturated carbocycles. The third-order valence-electron chi connectivity index (χ3n) is 5.47. The Balaban J connectivity index is 0.00000300. The molecule has 2 fully saturated rings. The van der Waals surface area contributed by atoms with Gasteiger partial charge in [0.2, 0.25) is 5.91 Å². The number of nitrogens with zero attached hydrogens (tertiary/aromatic N) is 3. The van der Waals surface area contributed by atoms with Crippen LogP contribution in [0.3, 0.4) is 0 Å². The number of likely N-dealkylation sites (tertiary alicyclic amines) is 1. The number of aliphatic imine (C=N–C) groups is 1. The summed E-state index contributed by atoms with van der Waals surface area (Å²) < 4.78 is 11.8. The van der Waals surface area contributed by atoms with E-state index in [0.29, 0.717) is 19.8 Å². The Hall–Kier alpha value is -1.39. The maximum atomic E-state index is 12.1. The molecule has 1 amide bonds. The standard InChI is InChI=1S/C21H32N4O3.HI/c1-21(27-12-13-28-21)18-10-7-11-25(16-18)20(23-15-19(26)24(2)3)22-14-17-8-5-4-6-9-17;/h4-6,8-9,18H,7,10-16H2,1-3H3,(H,22,23);1H. The summed E-state index contributed by atoms with van der Waals surface area (Å²) in [4.78, 5) is 20.7. The van der Waals surface area contributed by atoms with Crippen LogP contribution in [0.4, 0.5) is 0 Å². The maximum Gasteiger partial charge on any atom is 0.241 e. The minimum Gasteiger partial charge on any atom is -0.347 e. The largest absolute Gasteiger partial charge is 0.347 e. The molecule has 0 radical (unpaired) electrons. The quantitative estimate of drug-likeness (QED) is 0.370. The summed E-state index contributed by atoms with van der Waals surface area (Å²) in [6, 6.07) is 10.2. The highest BCUT2D eigenvalue weighted by atomic mass is 127. The van der Waals surface area contributed by atoms with Gasteiger partial charge in [-0.05, 0) is 25.3 Å². The van der Waals surface area contributed by atoms with Crippen LogP contribution in [0.5, 0.6) is 0 Å². The fraction of sp³-hybridized carbons (Fsp3) is 0.619. The molecule has 0 aliphatic carbocycles. The molecule has 8 heteroatoms. The second kappa shape index (κ2) is 11.1. The van der Waals surface area contributed by atoms with Gasteiger partial charge >= 0.3 is 0 Å². The lowest BCUT2D eigenvalue weighted by Gasteiger charge is -2.41. The zero-order chi connectivity index (χ0) is 20.0. The Labute approximate surface area is 190 Å². The number of rotatable bonds is 5. The van der Waals surface area contributed by atoms with Crippen molar-refractivity contribution in [1.29, 1.82) is 0 Å². The van der Waals surface area contributed by atoms with Crippen molar-refractivity contribution in [2.75, 3.05) is 46.9 Å². The molecule has 1 unspecified atom stereocenters. The van der Waals surface area contributed by atoms with Crippen molar-refractivity contribution in [3.05, 3.63) is 35.9 Å². The smallest absolute Gasteiger partial charge is 0.241 e. The van der Waals surface area contributed by atoms with Gasteiger partial charge in [-0.3, -0.25) is 4.79 Å². The summed E-state index contributed by atoms with van der Waals surface area (Å²) >= 11 is 0. The molecule has 1 N–H and O–H groups in total. The first-order chi connectivity index (χ1) is 13.5. The molecule has 162 valence electrons. The van der Waals surface area contributed by atoms with Gasteiger partial charge in [0.1, 0.15) is 0 Å². The Kier molecular flexibility index (Phi) is 9.16. The summed E-state index contributed by atoms with van der Waals surface area (Å²) in [5.41, 5.74) is 1.14. The number of likely N-dealkylation sites (N-methyl/N-ethyl adjacent to an activating group) is 1. The lowest BCUT2D eigenvalue weighted by molar-refractivity contribution is -0.189. The molecule has 0 spiro atoms. The number of nitrogens with one attached hydrogen (secondary N) is 1. The topological polar surface area (TPSA) is 66.4 Å². The van der Waals surface area contributed by atoms with Gasteiger partial charge in [0.15, 0.2) is 11.7 Å². The molecule has 0 bridgehead atoms. The Morgan fingerprint density at radius 1 is 1.28 bits per heavy atom. The molecule has 2 saturated heterocycles. The van der Waals surface area contributed by atoms with Crippen LogP contribution in [0.25, 0.3) is 0 Å². The Morgan fingerprint density at radius 3 is 2.62 bits per heavy atom. The van der Waals surface area contributed by atoms with Gasteiger partial charge in [0, 0.05) is 33.1 Å². The van der Waals surface area contributed by atoms with Gasteiger partial charge in [-0.15, -0.1) is 24.0 Å². The van der Waals surface area contributed by atoms with E-state index >= 15 is 0 Å². The Bertz CT molecular complexity index is 678. The minimum absolute atomic E-state index is 0. The average Bonchev–Trinajstić information content (AvgIpc) is 3.16. The summed E-state index contributed by atoms with van der Waals surface area (Å²) in [5.74, 6) is 0.542. The van der Waals surface area contributed by atoms with Crippen molar-refractivity contribution >= 4 is 35.8 Å². The van der Waals surface area contributed by atoms with E-state index in [4.69, 9.17) is 14.5 Å². The van der Waals surface area contributed by atoms with Crippen molar-refractivity contribution < 1.29 is 14.3 Å². The zero-order valence-electron chi connectivity index (χ0n) is 17.6. The predicted octanol–water partition coefficient (Wildman–Crippen LogP) is 2.31.